The van der Waals surface area contributed by atoms with Crippen LogP contribution >= 0.6 is 11.3 Å². The Morgan fingerprint density at radius 2 is 2.05 bits per heavy atom. The molecule has 1 aromatic carbocycles. The normalized spacial score (nSPS) is 12.6. The van der Waals surface area contributed by atoms with Crippen LogP contribution in [0.2, 0.25) is 0 Å². The van der Waals surface area contributed by atoms with Gasteiger partial charge in [0.25, 0.3) is 0 Å². The van der Waals surface area contributed by atoms with E-state index in [0.29, 0.717) is 12.1 Å². The van der Waals surface area contributed by atoms with Gasteiger partial charge in [0.2, 0.25) is 0 Å². The first kappa shape index (κ1) is 13.8. The lowest BCUT2D eigenvalue weighted by atomic mass is 10.1. The Labute approximate surface area is 117 Å². The highest BCUT2D eigenvalue weighted by atomic mass is 32.1. The third-order valence-corrected chi connectivity index (χ3v) is 4.33. The molecule has 1 atom stereocenters. The lowest BCUT2D eigenvalue weighted by Crippen LogP contribution is -2.22. The van der Waals surface area contributed by atoms with Crippen molar-refractivity contribution in [2.75, 3.05) is 7.05 Å². The number of carboxylic acid groups (broad SMARTS) is 1. The van der Waals surface area contributed by atoms with Crippen molar-refractivity contribution in [3.8, 4) is 0 Å². The fourth-order valence-corrected chi connectivity index (χ4v) is 2.87. The molecular formula is C15H17NO2S. The highest BCUT2D eigenvalue weighted by molar-refractivity contribution is 7.10. The number of rotatable bonds is 5. The minimum absolute atomic E-state index is 0.279. The lowest BCUT2D eigenvalue weighted by Gasteiger charge is -2.24. The molecule has 0 saturated carbocycles. The van der Waals surface area contributed by atoms with E-state index in [4.69, 9.17) is 0 Å². The second-order valence-electron chi connectivity index (χ2n) is 4.57. The minimum Gasteiger partial charge on any atom is -0.478 e. The molecule has 0 unspecified atom stereocenters. The summed E-state index contributed by atoms with van der Waals surface area (Å²) in [6.45, 7) is 2.76. The van der Waals surface area contributed by atoms with Gasteiger partial charge < -0.3 is 5.11 Å². The third-order valence-electron chi connectivity index (χ3n) is 3.28. The molecular weight excluding hydrogens is 258 g/mol. The summed E-state index contributed by atoms with van der Waals surface area (Å²) in [5.74, 6) is -0.868. The molecule has 0 amide bonds. The van der Waals surface area contributed by atoms with Crippen LogP contribution in [-0.4, -0.2) is 23.0 Å². The van der Waals surface area contributed by atoms with Crippen LogP contribution < -0.4 is 0 Å². The first-order chi connectivity index (χ1) is 9.09. The maximum Gasteiger partial charge on any atom is 0.336 e. The summed E-state index contributed by atoms with van der Waals surface area (Å²) >= 11 is 1.72. The van der Waals surface area contributed by atoms with Crippen molar-refractivity contribution in [2.24, 2.45) is 0 Å². The van der Waals surface area contributed by atoms with Crippen LogP contribution in [0.3, 0.4) is 0 Å². The van der Waals surface area contributed by atoms with Crippen molar-refractivity contribution in [2.45, 2.75) is 19.5 Å². The second kappa shape index (κ2) is 5.99. The van der Waals surface area contributed by atoms with E-state index in [-0.39, 0.29) is 6.04 Å². The van der Waals surface area contributed by atoms with Gasteiger partial charge in [-0.1, -0.05) is 24.3 Å². The molecule has 0 aliphatic rings. The van der Waals surface area contributed by atoms with E-state index >= 15 is 0 Å². The van der Waals surface area contributed by atoms with Gasteiger partial charge in [-0.25, -0.2) is 4.79 Å². The maximum absolute atomic E-state index is 11.2. The Hall–Kier alpha value is -1.65. The number of hydrogen-bond acceptors (Lipinski definition) is 3. The van der Waals surface area contributed by atoms with Gasteiger partial charge in [-0.05, 0) is 37.0 Å². The molecule has 0 aliphatic carbocycles. The molecule has 2 aromatic rings. The smallest absolute Gasteiger partial charge is 0.336 e. The summed E-state index contributed by atoms with van der Waals surface area (Å²) in [5.41, 5.74) is 1.23. The SMILES string of the molecule is C[C@H](c1cccs1)N(C)Cc1ccccc1C(=O)O. The monoisotopic (exact) mass is 275 g/mol. The average molecular weight is 275 g/mol. The molecule has 0 bridgehead atoms. The zero-order valence-corrected chi connectivity index (χ0v) is 11.9. The highest BCUT2D eigenvalue weighted by Gasteiger charge is 2.16. The largest absolute Gasteiger partial charge is 0.478 e. The second-order valence-corrected chi connectivity index (χ2v) is 5.55. The van der Waals surface area contributed by atoms with E-state index in [1.165, 1.54) is 4.88 Å². The topological polar surface area (TPSA) is 40.5 Å². The number of thiophene rings is 1. The Balaban J connectivity index is 2.15. The predicted octanol–water partition coefficient (Wildman–Crippen LogP) is 3.64. The Bertz CT molecular complexity index is 551. The fourth-order valence-electron chi connectivity index (χ4n) is 2.02. The molecule has 0 aliphatic heterocycles. The van der Waals surface area contributed by atoms with Crippen molar-refractivity contribution in [3.63, 3.8) is 0 Å². The van der Waals surface area contributed by atoms with Crippen molar-refractivity contribution < 1.29 is 9.90 Å². The standard InChI is InChI=1S/C15H17NO2S/c1-11(14-8-5-9-19-14)16(2)10-12-6-3-4-7-13(12)15(17)18/h3-9,11H,10H2,1-2H3,(H,17,18)/t11-/m1/s1. The van der Waals surface area contributed by atoms with Crippen molar-refractivity contribution in [3.05, 3.63) is 57.8 Å². The zero-order valence-electron chi connectivity index (χ0n) is 11.0. The van der Waals surface area contributed by atoms with Crippen LogP contribution in [0.25, 0.3) is 0 Å². The number of hydrogen-bond donors (Lipinski definition) is 1. The van der Waals surface area contributed by atoms with Gasteiger partial charge in [0.1, 0.15) is 0 Å². The number of benzene rings is 1. The molecule has 0 saturated heterocycles. The van der Waals surface area contributed by atoms with Crippen LogP contribution in [0.5, 0.6) is 0 Å². The first-order valence-corrected chi connectivity index (χ1v) is 7.02. The van der Waals surface area contributed by atoms with Gasteiger partial charge in [-0.15, -0.1) is 11.3 Å². The van der Waals surface area contributed by atoms with Crippen molar-refractivity contribution in [1.29, 1.82) is 0 Å². The van der Waals surface area contributed by atoms with E-state index < -0.39 is 5.97 Å². The minimum atomic E-state index is -0.868. The highest BCUT2D eigenvalue weighted by Crippen LogP contribution is 2.25. The summed E-state index contributed by atoms with van der Waals surface area (Å²) in [5, 5.41) is 11.2. The summed E-state index contributed by atoms with van der Waals surface area (Å²) < 4.78 is 0. The van der Waals surface area contributed by atoms with E-state index in [2.05, 4.69) is 23.3 Å². The van der Waals surface area contributed by atoms with Gasteiger partial charge in [0.05, 0.1) is 5.56 Å². The lowest BCUT2D eigenvalue weighted by molar-refractivity contribution is 0.0694. The molecule has 0 fully saturated rings. The van der Waals surface area contributed by atoms with Crippen LogP contribution in [-0.2, 0) is 6.54 Å². The molecule has 2 rings (SSSR count). The molecule has 4 heteroatoms. The molecule has 0 spiro atoms. The number of nitrogens with zero attached hydrogens (tertiary/aromatic N) is 1. The number of aromatic carboxylic acids is 1. The van der Waals surface area contributed by atoms with Gasteiger partial charge >= 0.3 is 5.97 Å². The van der Waals surface area contributed by atoms with Crippen LogP contribution in [0.15, 0.2) is 41.8 Å². The van der Waals surface area contributed by atoms with Gasteiger partial charge in [-0.3, -0.25) is 4.90 Å². The molecule has 1 heterocycles. The van der Waals surface area contributed by atoms with Gasteiger partial charge in [-0.2, -0.15) is 0 Å². The molecule has 1 N–H and O–H groups in total. The molecule has 19 heavy (non-hydrogen) atoms. The molecule has 1 aromatic heterocycles. The molecule has 0 radical (unpaired) electrons. The van der Waals surface area contributed by atoms with Crippen LogP contribution in [0, 0.1) is 0 Å². The van der Waals surface area contributed by atoms with Crippen LogP contribution in [0.4, 0.5) is 0 Å². The predicted molar refractivity (Wildman–Crippen MR) is 77.6 cm³/mol. The number of carbonyl (C=O) groups is 1. The number of carboxylic acids is 1. The fraction of sp³-hybridized carbons (Fsp3) is 0.267. The summed E-state index contributed by atoms with van der Waals surface area (Å²) in [7, 11) is 2.02. The van der Waals surface area contributed by atoms with E-state index in [0.717, 1.165) is 5.56 Å². The van der Waals surface area contributed by atoms with Gasteiger partial charge in [0.15, 0.2) is 0 Å². The Morgan fingerprint density at radius 3 is 2.68 bits per heavy atom. The zero-order chi connectivity index (χ0) is 13.8. The average Bonchev–Trinajstić information content (AvgIpc) is 2.92. The Kier molecular flexibility index (Phi) is 4.35. The van der Waals surface area contributed by atoms with E-state index in [9.17, 15) is 9.90 Å². The molecule has 3 nitrogen and oxygen atoms in total. The van der Waals surface area contributed by atoms with Crippen LogP contribution in [0.1, 0.15) is 33.8 Å². The third kappa shape index (κ3) is 3.22. The summed E-state index contributed by atoms with van der Waals surface area (Å²) in [4.78, 5) is 14.6. The van der Waals surface area contributed by atoms with Gasteiger partial charge in [0, 0.05) is 17.5 Å². The summed E-state index contributed by atoms with van der Waals surface area (Å²) in [6, 6.07) is 11.6. The Morgan fingerprint density at radius 1 is 1.32 bits per heavy atom. The maximum atomic E-state index is 11.2. The van der Waals surface area contributed by atoms with E-state index in [1.54, 1.807) is 23.5 Å². The quantitative estimate of drug-likeness (QED) is 0.905. The first-order valence-electron chi connectivity index (χ1n) is 6.14. The van der Waals surface area contributed by atoms with E-state index in [1.807, 2.05) is 25.2 Å². The summed E-state index contributed by atoms with van der Waals surface area (Å²) in [6.07, 6.45) is 0. The van der Waals surface area contributed by atoms with Crippen molar-refractivity contribution in [1.82, 2.24) is 4.90 Å². The molecule has 100 valence electrons. The van der Waals surface area contributed by atoms with Crippen molar-refractivity contribution >= 4 is 17.3 Å².